The van der Waals surface area contributed by atoms with Crippen molar-refractivity contribution in [3.63, 3.8) is 0 Å². The van der Waals surface area contributed by atoms with Crippen molar-refractivity contribution in [1.82, 2.24) is 14.8 Å². The molecule has 0 aliphatic carbocycles. The van der Waals surface area contributed by atoms with Crippen molar-refractivity contribution in [1.29, 1.82) is 0 Å². The second-order valence-electron chi connectivity index (χ2n) is 5.72. The van der Waals surface area contributed by atoms with Gasteiger partial charge in [0.2, 0.25) is 0 Å². The lowest BCUT2D eigenvalue weighted by molar-refractivity contribution is 0.102. The van der Waals surface area contributed by atoms with Gasteiger partial charge in [0.25, 0.3) is 5.91 Å². The van der Waals surface area contributed by atoms with Gasteiger partial charge < -0.3 is 5.32 Å². The molecule has 0 saturated heterocycles. The maximum atomic E-state index is 12.7. The molecule has 0 bridgehead atoms. The van der Waals surface area contributed by atoms with Gasteiger partial charge in [-0.3, -0.25) is 9.48 Å². The molecule has 23 heavy (non-hydrogen) atoms. The molecule has 5 nitrogen and oxygen atoms in total. The highest BCUT2D eigenvalue weighted by Crippen LogP contribution is 2.22. The molecule has 1 amide bonds. The van der Waals surface area contributed by atoms with E-state index in [1.54, 1.807) is 4.68 Å². The highest BCUT2D eigenvalue weighted by molar-refractivity contribution is 6.12. The number of anilines is 1. The molecule has 0 fully saturated rings. The lowest BCUT2D eigenvalue weighted by Gasteiger charge is -2.08. The minimum atomic E-state index is -0.138. The van der Waals surface area contributed by atoms with Crippen molar-refractivity contribution in [3.8, 4) is 0 Å². The lowest BCUT2D eigenvalue weighted by Crippen LogP contribution is -2.13. The number of aryl methyl sites for hydroxylation is 4. The molecule has 1 aromatic carbocycles. The van der Waals surface area contributed by atoms with Gasteiger partial charge in [0.05, 0.1) is 16.6 Å². The third-order valence-corrected chi connectivity index (χ3v) is 3.96. The van der Waals surface area contributed by atoms with Crippen LogP contribution >= 0.6 is 0 Å². The van der Waals surface area contributed by atoms with E-state index in [1.165, 1.54) is 5.56 Å². The van der Waals surface area contributed by atoms with Crippen LogP contribution < -0.4 is 5.32 Å². The molecule has 0 radical (unpaired) electrons. The van der Waals surface area contributed by atoms with E-state index in [0.717, 1.165) is 34.5 Å². The predicted molar refractivity (Wildman–Crippen MR) is 91.8 cm³/mol. The summed E-state index contributed by atoms with van der Waals surface area (Å²) < 4.78 is 1.71. The number of carbonyl (C=O) groups is 1. The Labute approximate surface area is 135 Å². The van der Waals surface area contributed by atoms with Crippen LogP contribution in [0.3, 0.4) is 0 Å². The van der Waals surface area contributed by atoms with Crippen molar-refractivity contribution in [2.45, 2.75) is 27.2 Å². The van der Waals surface area contributed by atoms with Crippen LogP contribution in [0.1, 0.15) is 34.2 Å². The molecule has 1 N–H and O–H groups in total. The molecule has 118 valence electrons. The fraction of sp³-hybridized carbons (Fsp3) is 0.278. The van der Waals surface area contributed by atoms with Crippen LogP contribution in [-0.2, 0) is 13.5 Å². The van der Waals surface area contributed by atoms with Crippen LogP contribution in [-0.4, -0.2) is 20.7 Å². The maximum Gasteiger partial charge on any atom is 0.256 e. The van der Waals surface area contributed by atoms with E-state index in [0.29, 0.717) is 5.56 Å². The van der Waals surface area contributed by atoms with Crippen molar-refractivity contribution in [3.05, 3.63) is 52.8 Å². The van der Waals surface area contributed by atoms with Gasteiger partial charge in [0.1, 0.15) is 0 Å². The molecule has 0 aliphatic rings. The Balaban J connectivity index is 2.00. The van der Waals surface area contributed by atoms with E-state index >= 15 is 0 Å². The van der Waals surface area contributed by atoms with Gasteiger partial charge in [-0.05, 0) is 44.0 Å². The highest BCUT2D eigenvalue weighted by Gasteiger charge is 2.17. The summed E-state index contributed by atoms with van der Waals surface area (Å²) in [6.07, 6.45) is 0.979. The number of hydrogen-bond acceptors (Lipinski definition) is 3. The quantitative estimate of drug-likeness (QED) is 0.806. The van der Waals surface area contributed by atoms with E-state index in [1.807, 2.05) is 51.2 Å². The van der Waals surface area contributed by atoms with Gasteiger partial charge in [-0.2, -0.15) is 5.10 Å². The van der Waals surface area contributed by atoms with Crippen LogP contribution in [0, 0.1) is 13.8 Å². The Kier molecular flexibility index (Phi) is 3.86. The molecule has 5 heteroatoms. The van der Waals surface area contributed by atoms with Gasteiger partial charge in [0, 0.05) is 18.4 Å². The Morgan fingerprint density at radius 3 is 2.57 bits per heavy atom. The predicted octanol–water partition coefficient (Wildman–Crippen LogP) is 3.40. The van der Waals surface area contributed by atoms with E-state index < -0.39 is 0 Å². The highest BCUT2D eigenvalue weighted by atomic mass is 16.1. The number of aromatic nitrogens is 3. The second-order valence-corrected chi connectivity index (χ2v) is 5.72. The summed E-state index contributed by atoms with van der Waals surface area (Å²) >= 11 is 0. The molecule has 2 heterocycles. The van der Waals surface area contributed by atoms with Gasteiger partial charge in [-0.15, -0.1) is 0 Å². The van der Waals surface area contributed by atoms with Crippen LogP contribution in [0.4, 0.5) is 5.69 Å². The Morgan fingerprint density at radius 2 is 1.91 bits per heavy atom. The second kappa shape index (κ2) is 5.83. The zero-order chi connectivity index (χ0) is 16.6. The number of nitrogens with one attached hydrogen (secondary N) is 1. The van der Waals surface area contributed by atoms with E-state index in [4.69, 9.17) is 0 Å². The summed E-state index contributed by atoms with van der Waals surface area (Å²) in [7, 11) is 1.84. The Hall–Kier alpha value is -2.69. The van der Waals surface area contributed by atoms with Crippen LogP contribution in [0.15, 0.2) is 30.3 Å². The molecule has 0 aliphatic heterocycles. The summed E-state index contributed by atoms with van der Waals surface area (Å²) in [4.78, 5) is 17.2. The van der Waals surface area contributed by atoms with Crippen molar-refractivity contribution < 1.29 is 4.79 Å². The average molecular weight is 308 g/mol. The monoisotopic (exact) mass is 308 g/mol. The molecule has 3 rings (SSSR count). The first-order valence-corrected chi connectivity index (χ1v) is 7.71. The van der Waals surface area contributed by atoms with Gasteiger partial charge in [-0.25, -0.2) is 4.98 Å². The molecule has 0 unspecified atom stereocenters. The molecule has 0 saturated carbocycles. The molecule has 0 spiro atoms. The van der Waals surface area contributed by atoms with Crippen LogP contribution in [0.5, 0.6) is 0 Å². The van der Waals surface area contributed by atoms with Gasteiger partial charge in [0.15, 0.2) is 5.65 Å². The number of carbonyl (C=O) groups excluding carboxylic acids is 1. The summed E-state index contributed by atoms with van der Waals surface area (Å²) in [6, 6.07) is 9.72. The molecular formula is C18H20N4O. The van der Waals surface area contributed by atoms with Gasteiger partial charge >= 0.3 is 0 Å². The Bertz CT molecular complexity index is 878. The first kappa shape index (κ1) is 15.2. The summed E-state index contributed by atoms with van der Waals surface area (Å²) in [5.74, 6) is -0.138. The van der Waals surface area contributed by atoms with Crippen molar-refractivity contribution in [2.75, 3.05) is 5.32 Å². The molecular weight excluding hydrogens is 288 g/mol. The normalized spacial score (nSPS) is 11.0. The smallest absolute Gasteiger partial charge is 0.256 e. The Morgan fingerprint density at radius 1 is 1.22 bits per heavy atom. The van der Waals surface area contributed by atoms with E-state index in [-0.39, 0.29) is 5.91 Å². The van der Waals surface area contributed by atoms with Crippen LogP contribution in [0.25, 0.3) is 11.0 Å². The average Bonchev–Trinajstić information content (AvgIpc) is 2.81. The standard InChI is InChI=1S/C18H20N4O/c1-5-13-6-8-14(9-7-13)20-18(23)15-10-11(2)19-17-16(15)12(3)21-22(17)4/h6-10H,5H2,1-4H3,(H,20,23). The lowest BCUT2D eigenvalue weighted by atomic mass is 10.1. The minimum absolute atomic E-state index is 0.138. The number of benzene rings is 1. The fourth-order valence-electron chi connectivity index (χ4n) is 2.77. The molecule has 2 aromatic heterocycles. The third kappa shape index (κ3) is 2.82. The maximum absolute atomic E-state index is 12.7. The van der Waals surface area contributed by atoms with Crippen molar-refractivity contribution in [2.24, 2.45) is 7.05 Å². The largest absolute Gasteiger partial charge is 0.322 e. The summed E-state index contributed by atoms with van der Waals surface area (Å²) in [5.41, 5.74) is 4.98. The zero-order valence-electron chi connectivity index (χ0n) is 13.8. The van der Waals surface area contributed by atoms with Crippen molar-refractivity contribution >= 4 is 22.6 Å². The van der Waals surface area contributed by atoms with E-state index in [2.05, 4.69) is 22.3 Å². The SMILES string of the molecule is CCc1ccc(NC(=O)c2cc(C)nc3c2c(C)nn3C)cc1. The molecule has 0 atom stereocenters. The number of fused-ring (bicyclic) bond motifs is 1. The number of nitrogens with zero attached hydrogens (tertiary/aromatic N) is 3. The summed E-state index contributed by atoms with van der Waals surface area (Å²) in [5, 5.41) is 8.15. The first-order valence-electron chi connectivity index (χ1n) is 7.71. The summed E-state index contributed by atoms with van der Waals surface area (Å²) in [6.45, 7) is 5.88. The minimum Gasteiger partial charge on any atom is -0.322 e. The number of amides is 1. The number of rotatable bonds is 3. The molecule has 3 aromatic rings. The van der Waals surface area contributed by atoms with Gasteiger partial charge in [-0.1, -0.05) is 19.1 Å². The number of pyridine rings is 1. The third-order valence-electron chi connectivity index (χ3n) is 3.96. The first-order chi connectivity index (χ1) is 11.0. The number of hydrogen-bond donors (Lipinski definition) is 1. The topological polar surface area (TPSA) is 59.8 Å². The van der Waals surface area contributed by atoms with E-state index in [9.17, 15) is 4.79 Å². The zero-order valence-corrected chi connectivity index (χ0v) is 13.8. The van der Waals surface area contributed by atoms with Crippen LogP contribution in [0.2, 0.25) is 0 Å². The fourth-order valence-corrected chi connectivity index (χ4v) is 2.77.